The van der Waals surface area contributed by atoms with Crippen LogP contribution in [0, 0.1) is 5.41 Å². The molecule has 0 aromatic carbocycles. The monoisotopic (exact) mass is 152 g/mol. The van der Waals surface area contributed by atoms with Crippen LogP contribution < -0.4 is 16.4 Å². The fourth-order valence-corrected chi connectivity index (χ4v) is 0.185. The summed E-state index contributed by atoms with van der Waals surface area (Å²) in [5, 5.41) is 10.8. The lowest BCUT2D eigenvalue weighted by atomic mass is 10.9. The second-order valence-electron chi connectivity index (χ2n) is 1.12. The van der Waals surface area contributed by atoms with Crippen LogP contribution in [0.2, 0.25) is 0 Å². The molecule has 0 saturated carbocycles. The minimum Gasteiger partial charge on any atom is -0.370 e. The maximum absolute atomic E-state index is 10.2. The molecule has 0 bridgehead atoms. The number of carbonyl (C=O) groups is 1. The van der Waals surface area contributed by atoms with Crippen molar-refractivity contribution < 1.29 is 4.79 Å². The summed E-state index contributed by atoms with van der Waals surface area (Å²) < 4.78 is 0. The van der Waals surface area contributed by atoms with Crippen molar-refractivity contribution in [1.29, 1.82) is 5.41 Å². The average Bonchev–Trinajstić information content (AvgIpc) is 1.65. The van der Waals surface area contributed by atoms with Crippen molar-refractivity contribution in [2.45, 2.75) is 0 Å². The number of hydrogen-bond acceptors (Lipinski definition) is 2. The van der Waals surface area contributed by atoms with Gasteiger partial charge in [-0.2, -0.15) is 0 Å². The fraction of sp³-hybridized carbons (Fsp3) is 0.333. The summed E-state index contributed by atoms with van der Waals surface area (Å²) in [6.45, 7) is 0. The van der Waals surface area contributed by atoms with Crippen molar-refractivity contribution in [3.63, 3.8) is 0 Å². The maximum Gasteiger partial charge on any atom is 0.321 e. The third-order valence-corrected chi connectivity index (χ3v) is 0.475. The summed E-state index contributed by atoms with van der Waals surface area (Å²) in [6.07, 6.45) is 0. The zero-order valence-electron chi connectivity index (χ0n) is 4.89. The van der Waals surface area contributed by atoms with Gasteiger partial charge in [0, 0.05) is 7.05 Å². The summed E-state index contributed by atoms with van der Waals surface area (Å²) in [5.74, 6) is -0.357. The molecule has 0 saturated heterocycles. The quantitative estimate of drug-likeness (QED) is 0.271. The first-order valence-corrected chi connectivity index (χ1v) is 1.99. The van der Waals surface area contributed by atoms with Gasteiger partial charge in [0.15, 0.2) is 5.96 Å². The van der Waals surface area contributed by atoms with Crippen molar-refractivity contribution in [3.05, 3.63) is 0 Å². The lowest BCUT2D eigenvalue weighted by molar-refractivity contribution is 0.247. The molecule has 0 aromatic rings. The van der Waals surface area contributed by atoms with Gasteiger partial charge in [-0.15, -0.1) is 12.4 Å². The lowest BCUT2D eigenvalue weighted by Gasteiger charge is -1.97. The van der Waals surface area contributed by atoms with E-state index in [0.29, 0.717) is 0 Å². The van der Waals surface area contributed by atoms with E-state index in [1.807, 2.05) is 5.32 Å². The largest absolute Gasteiger partial charge is 0.370 e. The Morgan fingerprint density at radius 2 is 2.11 bits per heavy atom. The van der Waals surface area contributed by atoms with Gasteiger partial charge >= 0.3 is 6.03 Å². The maximum atomic E-state index is 10.2. The first-order chi connectivity index (χ1) is 3.66. The number of amides is 2. The van der Waals surface area contributed by atoms with Crippen molar-refractivity contribution in [2.24, 2.45) is 5.73 Å². The Labute approximate surface area is 58.9 Å². The Balaban J connectivity index is 0. The Morgan fingerprint density at radius 1 is 1.67 bits per heavy atom. The van der Waals surface area contributed by atoms with Crippen LogP contribution in [0.25, 0.3) is 0 Å². The zero-order chi connectivity index (χ0) is 6.57. The second-order valence-corrected chi connectivity index (χ2v) is 1.12. The average molecular weight is 153 g/mol. The van der Waals surface area contributed by atoms with E-state index in [1.165, 1.54) is 7.05 Å². The van der Waals surface area contributed by atoms with Gasteiger partial charge in [0.1, 0.15) is 0 Å². The van der Waals surface area contributed by atoms with E-state index in [2.05, 4.69) is 5.32 Å². The van der Waals surface area contributed by atoms with Crippen LogP contribution in [-0.4, -0.2) is 19.0 Å². The predicted octanol–water partition coefficient (Wildman–Crippen LogP) is -0.769. The Hall–Kier alpha value is -0.970. The molecule has 5 N–H and O–H groups in total. The predicted molar refractivity (Wildman–Crippen MR) is 36.8 cm³/mol. The van der Waals surface area contributed by atoms with Crippen molar-refractivity contribution in [3.8, 4) is 0 Å². The van der Waals surface area contributed by atoms with Gasteiger partial charge in [-0.05, 0) is 0 Å². The van der Waals surface area contributed by atoms with E-state index in [0.717, 1.165) is 0 Å². The lowest BCUT2D eigenvalue weighted by Crippen LogP contribution is -2.41. The van der Waals surface area contributed by atoms with E-state index < -0.39 is 6.03 Å². The van der Waals surface area contributed by atoms with E-state index >= 15 is 0 Å². The van der Waals surface area contributed by atoms with Crippen LogP contribution in [-0.2, 0) is 0 Å². The van der Waals surface area contributed by atoms with Crippen molar-refractivity contribution in [2.75, 3.05) is 7.05 Å². The number of urea groups is 1. The molecular weight excluding hydrogens is 144 g/mol. The molecule has 0 unspecified atom stereocenters. The van der Waals surface area contributed by atoms with Gasteiger partial charge in [0.05, 0.1) is 0 Å². The standard InChI is InChI=1S/C3H8N4O.ClH/c1-6-3(8)7-2(4)5;/h1H3,(H5,4,5,6,7,8);1H. The summed E-state index contributed by atoms with van der Waals surface area (Å²) in [6, 6.07) is -0.475. The van der Waals surface area contributed by atoms with E-state index in [1.54, 1.807) is 0 Å². The van der Waals surface area contributed by atoms with E-state index in [4.69, 9.17) is 11.1 Å². The molecular formula is C3H9ClN4O. The molecule has 0 radical (unpaired) electrons. The second kappa shape index (κ2) is 5.17. The summed E-state index contributed by atoms with van der Waals surface area (Å²) in [5.41, 5.74) is 4.78. The highest BCUT2D eigenvalue weighted by atomic mass is 35.5. The number of rotatable bonds is 0. The SMILES string of the molecule is CNC(=O)NC(=N)N.Cl. The highest BCUT2D eigenvalue weighted by Crippen LogP contribution is 1.55. The molecule has 0 spiro atoms. The fourth-order valence-electron chi connectivity index (χ4n) is 0.185. The third kappa shape index (κ3) is 7.03. The molecule has 5 nitrogen and oxygen atoms in total. The van der Waals surface area contributed by atoms with Gasteiger partial charge in [0.2, 0.25) is 0 Å². The van der Waals surface area contributed by atoms with E-state index in [-0.39, 0.29) is 18.4 Å². The third-order valence-electron chi connectivity index (χ3n) is 0.475. The highest BCUT2D eigenvalue weighted by molar-refractivity contribution is 5.93. The molecule has 2 amide bonds. The van der Waals surface area contributed by atoms with Crippen LogP contribution in [0.4, 0.5) is 4.79 Å². The van der Waals surface area contributed by atoms with Gasteiger partial charge in [-0.25, -0.2) is 4.79 Å². The number of nitrogens with two attached hydrogens (primary N) is 1. The normalized spacial score (nSPS) is 6.78. The summed E-state index contributed by atoms with van der Waals surface area (Å²) in [7, 11) is 1.44. The minimum absolute atomic E-state index is 0. The number of carbonyl (C=O) groups excluding carboxylic acids is 1. The van der Waals surface area contributed by atoms with Gasteiger partial charge in [-0.1, -0.05) is 0 Å². The first kappa shape index (κ1) is 10.9. The van der Waals surface area contributed by atoms with Crippen LogP contribution in [0.3, 0.4) is 0 Å². The minimum atomic E-state index is -0.475. The summed E-state index contributed by atoms with van der Waals surface area (Å²) in [4.78, 5) is 10.2. The Bertz CT molecular complexity index is 114. The van der Waals surface area contributed by atoms with Crippen LogP contribution in [0.1, 0.15) is 0 Å². The Morgan fingerprint density at radius 3 is 2.22 bits per heavy atom. The molecule has 0 rings (SSSR count). The van der Waals surface area contributed by atoms with Gasteiger partial charge in [0.25, 0.3) is 0 Å². The van der Waals surface area contributed by atoms with Crippen molar-refractivity contribution in [1.82, 2.24) is 10.6 Å². The topological polar surface area (TPSA) is 91.0 Å². The Kier molecular flexibility index (Phi) is 6.27. The van der Waals surface area contributed by atoms with Crippen LogP contribution in [0.15, 0.2) is 0 Å². The van der Waals surface area contributed by atoms with Crippen LogP contribution >= 0.6 is 12.4 Å². The molecule has 0 atom stereocenters. The van der Waals surface area contributed by atoms with Crippen molar-refractivity contribution >= 4 is 24.4 Å². The molecule has 0 aliphatic rings. The number of hydrogen-bond donors (Lipinski definition) is 4. The molecule has 0 aliphatic heterocycles. The number of guanidine groups is 1. The molecule has 54 valence electrons. The smallest absolute Gasteiger partial charge is 0.321 e. The molecule has 0 fully saturated rings. The summed E-state index contributed by atoms with van der Waals surface area (Å²) >= 11 is 0. The number of halogens is 1. The van der Waals surface area contributed by atoms with Gasteiger partial charge in [-0.3, -0.25) is 10.7 Å². The van der Waals surface area contributed by atoms with Gasteiger partial charge < -0.3 is 11.1 Å². The molecule has 0 aliphatic carbocycles. The molecule has 6 heteroatoms. The molecule has 0 aromatic heterocycles. The molecule has 0 heterocycles. The molecule has 9 heavy (non-hydrogen) atoms. The first-order valence-electron chi connectivity index (χ1n) is 1.99. The van der Waals surface area contributed by atoms with Crippen LogP contribution in [0.5, 0.6) is 0 Å². The highest BCUT2D eigenvalue weighted by Gasteiger charge is 1.92. The number of nitrogens with one attached hydrogen (secondary N) is 3. The van der Waals surface area contributed by atoms with E-state index in [9.17, 15) is 4.79 Å². The zero-order valence-corrected chi connectivity index (χ0v) is 5.71.